The first kappa shape index (κ1) is 14.8. The van der Waals surface area contributed by atoms with Crippen molar-refractivity contribution in [2.45, 2.75) is 12.1 Å². The predicted octanol–water partition coefficient (Wildman–Crippen LogP) is 1.70. The zero-order valence-electron chi connectivity index (χ0n) is 12.2. The van der Waals surface area contributed by atoms with Gasteiger partial charge in [0.05, 0.1) is 18.8 Å². The van der Waals surface area contributed by atoms with Gasteiger partial charge >= 0.3 is 0 Å². The van der Waals surface area contributed by atoms with Crippen LogP contribution in [0, 0.1) is 0 Å². The molecule has 0 aromatic heterocycles. The Kier molecular flexibility index (Phi) is 4.93. The Labute approximate surface area is 120 Å². The Morgan fingerprint density at radius 3 is 2.85 bits per heavy atom. The first-order valence-corrected chi connectivity index (χ1v) is 6.88. The van der Waals surface area contributed by atoms with E-state index in [2.05, 4.69) is 30.7 Å². The van der Waals surface area contributed by atoms with Gasteiger partial charge in [-0.25, -0.2) is 0 Å². The largest absolute Gasteiger partial charge is 0.373 e. The van der Waals surface area contributed by atoms with Crippen LogP contribution in [0.5, 0.6) is 0 Å². The molecular formula is C16H22N2O2. The van der Waals surface area contributed by atoms with E-state index >= 15 is 0 Å². The van der Waals surface area contributed by atoms with Gasteiger partial charge in [-0.15, -0.1) is 0 Å². The molecule has 1 aliphatic heterocycles. The Bertz CT molecular complexity index is 461. The number of nitrogens with zero attached hydrogens (tertiary/aromatic N) is 2. The maximum atomic E-state index is 11.6. The van der Waals surface area contributed by atoms with E-state index < -0.39 is 0 Å². The van der Waals surface area contributed by atoms with Gasteiger partial charge in [-0.3, -0.25) is 9.69 Å². The molecule has 1 aromatic rings. The molecule has 1 saturated heterocycles. The molecule has 1 aliphatic rings. The average Bonchev–Trinajstić information content (AvgIpc) is 2.47. The number of rotatable bonds is 4. The van der Waals surface area contributed by atoms with Crippen molar-refractivity contribution in [1.29, 1.82) is 0 Å². The maximum absolute atomic E-state index is 11.6. The zero-order valence-corrected chi connectivity index (χ0v) is 12.2. The highest BCUT2D eigenvalue weighted by atomic mass is 16.5. The van der Waals surface area contributed by atoms with E-state index in [1.807, 2.05) is 18.2 Å². The second-order valence-corrected chi connectivity index (χ2v) is 5.17. The van der Waals surface area contributed by atoms with Crippen LogP contribution in [0.25, 0.3) is 0 Å². The van der Waals surface area contributed by atoms with E-state index in [1.165, 1.54) is 11.6 Å². The number of likely N-dealkylation sites (N-methyl/N-ethyl adjacent to an activating group) is 2. The van der Waals surface area contributed by atoms with Crippen LogP contribution in [0.2, 0.25) is 0 Å². The molecule has 20 heavy (non-hydrogen) atoms. The molecule has 1 amide bonds. The van der Waals surface area contributed by atoms with Gasteiger partial charge in [0.1, 0.15) is 0 Å². The molecule has 2 unspecified atom stereocenters. The second kappa shape index (κ2) is 6.68. The maximum Gasteiger partial charge on any atom is 0.245 e. The Morgan fingerprint density at radius 2 is 2.20 bits per heavy atom. The zero-order chi connectivity index (χ0) is 14.5. The lowest BCUT2D eigenvalue weighted by Crippen LogP contribution is -2.48. The third-order valence-corrected chi connectivity index (χ3v) is 3.75. The van der Waals surface area contributed by atoms with E-state index in [9.17, 15) is 4.79 Å². The first-order valence-electron chi connectivity index (χ1n) is 6.88. The summed E-state index contributed by atoms with van der Waals surface area (Å²) in [7, 11) is 3.88. The Hall–Kier alpha value is -1.65. The van der Waals surface area contributed by atoms with Gasteiger partial charge in [-0.05, 0) is 18.7 Å². The smallest absolute Gasteiger partial charge is 0.245 e. The van der Waals surface area contributed by atoms with Gasteiger partial charge in [0, 0.05) is 20.1 Å². The summed E-state index contributed by atoms with van der Waals surface area (Å²) in [6, 6.07) is 10.5. The number of carbonyl (C=O) groups is 1. The summed E-state index contributed by atoms with van der Waals surface area (Å²) in [6.45, 7) is 5.68. The molecule has 0 saturated carbocycles. The average molecular weight is 274 g/mol. The van der Waals surface area contributed by atoms with Gasteiger partial charge in [-0.2, -0.15) is 0 Å². The van der Waals surface area contributed by atoms with Gasteiger partial charge < -0.3 is 9.64 Å². The molecule has 0 spiro atoms. The molecule has 4 heteroatoms. The number of ether oxygens (including phenoxy) is 1. The van der Waals surface area contributed by atoms with Crippen LogP contribution >= 0.6 is 0 Å². The van der Waals surface area contributed by atoms with E-state index in [1.54, 1.807) is 11.9 Å². The number of benzene rings is 1. The molecule has 1 fully saturated rings. The molecule has 1 aromatic carbocycles. The lowest BCUT2D eigenvalue weighted by molar-refractivity contribution is -0.129. The third-order valence-electron chi connectivity index (χ3n) is 3.75. The first-order chi connectivity index (χ1) is 9.63. The van der Waals surface area contributed by atoms with Crippen molar-refractivity contribution in [1.82, 2.24) is 9.80 Å². The SMILES string of the molecule is C=CC(=O)N(C)CC1OCCN(C)C1c1ccccc1. The van der Waals surface area contributed by atoms with Gasteiger partial charge in [0.15, 0.2) is 0 Å². The summed E-state index contributed by atoms with van der Waals surface area (Å²) in [5.74, 6) is -0.0753. The summed E-state index contributed by atoms with van der Waals surface area (Å²) in [5, 5.41) is 0. The molecule has 2 atom stereocenters. The second-order valence-electron chi connectivity index (χ2n) is 5.17. The van der Waals surface area contributed by atoms with E-state index in [-0.39, 0.29) is 18.1 Å². The number of amides is 1. The van der Waals surface area contributed by atoms with Crippen molar-refractivity contribution in [2.75, 3.05) is 33.8 Å². The molecular weight excluding hydrogens is 252 g/mol. The molecule has 0 bridgehead atoms. The number of hydrogen-bond acceptors (Lipinski definition) is 3. The third kappa shape index (κ3) is 3.26. The standard InChI is InChI=1S/C16H22N2O2/c1-4-15(19)18(3)12-14-16(17(2)10-11-20-14)13-8-6-5-7-9-13/h4-9,14,16H,1,10-12H2,2-3H3. The summed E-state index contributed by atoms with van der Waals surface area (Å²) in [6.07, 6.45) is 1.31. The Balaban J connectivity index is 2.16. The number of hydrogen-bond donors (Lipinski definition) is 0. The fourth-order valence-electron chi connectivity index (χ4n) is 2.65. The van der Waals surface area contributed by atoms with Gasteiger partial charge in [0.25, 0.3) is 0 Å². The minimum absolute atomic E-state index is 0.0231. The summed E-state index contributed by atoms with van der Waals surface area (Å²) < 4.78 is 5.91. The fraction of sp³-hybridized carbons (Fsp3) is 0.438. The van der Waals surface area contributed by atoms with Crippen molar-refractivity contribution in [3.63, 3.8) is 0 Å². The summed E-state index contributed by atoms with van der Waals surface area (Å²) in [5.41, 5.74) is 1.22. The lowest BCUT2D eigenvalue weighted by atomic mass is 9.98. The Morgan fingerprint density at radius 1 is 1.50 bits per heavy atom. The van der Waals surface area contributed by atoms with E-state index in [0.29, 0.717) is 13.2 Å². The lowest BCUT2D eigenvalue weighted by Gasteiger charge is -2.40. The van der Waals surface area contributed by atoms with Gasteiger partial charge in [0.2, 0.25) is 5.91 Å². The number of carbonyl (C=O) groups excluding carboxylic acids is 1. The normalized spacial score (nSPS) is 23.3. The molecule has 108 valence electrons. The minimum Gasteiger partial charge on any atom is -0.373 e. The van der Waals surface area contributed by atoms with Crippen molar-refractivity contribution in [2.24, 2.45) is 0 Å². The predicted molar refractivity (Wildman–Crippen MR) is 79.4 cm³/mol. The van der Waals surface area contributed by atoms with Crippen LogP contribution in [0.3, 0.4) is 0 Å². The van der Waals surface area contributed by atoms with Crippen LogP contribution in [-0.2, 0) is 9.53 Å². The van der Waals surface area contributed by atoms with Crippen molar-refractivity contribution < 1.29 is 9.53 Å². The van der Waals surface area contributed by atoms with Crippen LogP contribution < -0.4 is 0 Å². The van der Waals surface area contributed by atoms with Crippen LogP contribution in [0.15, 0.2) is 43.0 Å². The topological polar surface area (TPSA) is 32.8 Å². The van der Waals surface area contributed by atoms with Crippen LogP contribution in [-0.4, -0.2) is 55.6 Å². The molecule has 0 radical (unpaired) electrons. The quantitative estimate of drug-likeness (QED) is 0.784. The summed E-state index contributed by atoms with van der Waals surface area (Å²) >= 11 is 0. The fourth-order valence-corrected chi connectivity index (χ4v) is 2.65. The van der Waals surface area contributed by atoms with Crippen molar-refractivity contribution in [3.8, 4) is 0 Å². The van der Waals surface area contributed by atoms with Crippen molar-refractivity contribution >= 4 is 5.91 Å². The minimum atomic E-state index is -0.0753. The van der Waals surface area contributed by atoms with Crippen LogP contribution in [0.1, 0.15) is 11.6 Å². The van der Waals surface area contributed by atoms with Crippen molar-refractivity contribution in [3.05, 3.63) is 48.6 Å². The molecule has 0 aliphatic carbocycles. The monoisotopic (exact) mass is 274 g/mol. The highest BCUT2D eigenvalue weighted by Crippen LogP contribution is 2.28. The molecule has 0 N–H and O–H groups in total. The molecule has 1 heterocycles. The highest BCUT2D eigenvalue weighted by molar-refractivity contribution is 5.86. The number of morpholine rings is 1. The van der Waals surface area contributed by atoms with E-state index in [4.69, 9.17) is 4.74 Å². The molecule has 4 nitrogen and oxygen atoms in total. The highest BCUT2D eigenvalue weighted by Gasteiger charge is 2.32. The molecule has 2 rings (SSSR count). The van der Waals surface area contributed by atoms with E-state index in [0.717, 1.165) is 6.54 Å². The van der Waals surface area contributed by atoms with Crippen LogP contribution in [0.4, 0.5) is 0 Å². The van der Waals surface area contributed by atoms with Gasteiger partial charge in [-0.1, -0.05) is 36.9 Å². The summed E-state index contributed by atoms with van der Waals surface area (Å²) in [4.78, 5) is 15.6.